The fourth-order valence-electron chi connectivity index (χ4n) is 8.14. The Hall–Kier alpha value is -4.32. The Bertz CT molecular complexity index is 1700. The predicted octanol–water partition coefficient (Wildman–Crippen LogP) is 3.04. The molecule has 12 heteroatoms. The zero-order valence-corrected chi connectivity index (χ0v) is 25.7. The van der Waals surface area contributed by atoms with Crippen LogP contribution in [0.4, 0.5) is 9.18 Å². The number of nitrogens with one attached hydrogen (secondary N) is 1. The lowest BCUT2D eigenvalue weighted by Gasteiger charge is -2.40. The molecular formula is C34H39FN6O5. The summed E-state index contributed by atoms with van der Waals surface area (Å²) in [5.74, 6) is 0.0109. The summed E-state index contributed by atoms with van der Waals surface area (Å²) in [6, 6.07) is 12.1. The van der Waals surface area contributed by atoms with Gasteiger partial charge in [-0.3, -0.25) is 14.4 Å². The van der Waals surface area contributed by atoms with Crippen LogP contribution in [0.2, 0.25) is 0 Å². The van der Waals surface area contributed by atoms with E-state index in [2.05, 4.69) is 15.1 Å². The molecule has 1 saturated carbocycles. The highest BCUT2D eigenvalue weighted by molar-refractivity contribution is 5.95. The largest absolute Gasteiger partial charge is 0.465 e. The number of amides is 3. The molecule has 2 atom stereocenters. The first-order valence-electron chi connectivity index (χ1n) is 16.3. The molecule has 3 saturated heterocycles. The molecule has 3 aliphatic heterocycles. The van der Waals surface area contributed by atoms with Gasteiger partial charge in [-0.2, -0.15) is 5.10 Å². The molecule has 2 N–H and O–H groups in total. The number of aromatic amines is 1. The quantitative estimate of drug-likeness (QED) is 0.443. The van der Waals surface area contributed by atoms with Gasteiger partial charge in [-0.15, -0.1) is 0 Å². The average Bonchev–Trinajstić information content (AvgIpc) is 3.67. The molecule has 0 radical (unpaired) electrons. The molecule has 11 nitrogen and oxygen atoms in total. The highest BCUT2D eigenvalue weighted by Gasteiger charge is 2.45. The van der Waals surface area contributed by atoms with Crippen LogP contribution in [-0.4, -0.2) is 111 Å². The Labute approximate surface area is 265 Å². The molecule has 0 unspecified atom stereocenters. The van der Waals surface area contributed by atoms with Crippen LogP contribution in [0.3, 0.4) is 0 Å². The third-order valence-electron chi connectivity index (χ3n) is 10.7. The molecule has 1 aliphatic carbocycles. The minimum atomic E-state index is -0.817. The number of aromatic nitrogens is 2. The second-order valence-electron chi connectivity index (χ2n) is 13.3. The van der Waals surface area contributed by atoms with Crippen molar-refractivity contribution in [2.24, 2.45) is 17.8 Å². The minimum absolute atomic E-state index is 0.00917. The lowest BCUT2D eigenvalue weighted by atomic mass is 9.93. The highest BCUT2D eigenvalue weighted by atomic mass is 19.1. The average molecular weight is 631 g/mol. The van der Waals surface area contributed by atoms with E-state index < -0.39 is 17.8 Å². The van der Waals surface area contributed by atoms with E-state index >= 15 is 0 Å². The third kappa shape index (κ3) is 5.86. The van der Waals surface area contributed by atoms with Crippen LogP contribution in [0, 0.1) is 23.6 Å². The molecule has 4 heterocycles. The number of halogens is 1. The van der Waals surface area contributed by atoms with Crippen LogP contribution in [0.15, 0.2) is 47.3 Å². The van der Waals surface area contributed by atoms with Gasteiger partial charge >= 0.3 is 6.09 Å². The number of piperidine rings is 1. The SMILES string of the molecule is O=C(O)N1C[C@H]2CC(N3CCC(C(=O)N4CCN(C(=O)c5cc(Cc6n[nH]c(=O)c7ccccc67)ccc5F)CC4)CC3)C[C@@H]2C1. The molecule has 4 fully saturated rings. The molecule has 0 spiro atoms. The zero-order chi connectivity index (χ0) is 31.9. The van der Waals surface area contributed by atoms with E-state index in [1.807, 2.05) is 17.0 Å². The van der Waals surface area contributed by atoms with Crippen molar-refractivity contribution in [3.05, 3.63) is 75.5 Å². The molecule has 1 aromatic heterocycles. The Morgan fingerprint density at radius 1 is 0.870 bits per heavy atom. The van der Waals surface area contributed by atoms with Crippen molar-refractivity contribution in [2.75, 3.05) is 52.4 Å². The van der Waals surface area contributed by atoms with E-state index in [1.165, 1.54) is 6.07 Å². The summed E-state index contributed by atoms with van der Waals surface area (Å²) in [4.78, 5) is 57.9. The van der Waals surface area contributed by atoms with Crippen molar-refractivity contribution in [3.8, 4) is 0 Å². The van der Waals surface area contributed by atoms with E-state index in [1.54, 1.807) is 34.1 Å². The molecule has 7 rings (SSSR count). The molecule has 3 amide bonds. The summed E-state index contributed by atoms with van der Waals surface area (Å²) < 4.78 is 14.9. The first kappa shape index (κ1) is 30.3. The van der Waals surface area contributed by atoms with Crippen molar-refractivity contribution < 1.29 is 23.9 Å². The number of hydrogen-bond donors (Lipinski definition) is 2. The number of rotatable bonds is 5. The normalized spacial score (nSPS) is 22.8. The van der Waals surface area contributed by atoms with Crippen LogP contribution in [0.5, 0.6) is 0 Å². The number of carboxylic acid groups (broad SMARTS) is 1. The maximum atomic E-state index is 14.9. The van der Waals surface area contributed by atoms with Crippen LogP contribution >= 0.6 is 0 Å². The zero-order valence-electron chi connectivity index (χ0n) is 25.7. The van der Waals surface area contributed by atoms with Gasteiger partial charge in [-0.1, -0.05) is 24.3 Å². The number of nitrogens with zero attached hydrogens (tertiary/aromatic N) is 5. The van der Waals surface area contributed by atoms with Crippen LogP contribution in [0.1, 0.15) is 47.3 Å². The van der Waals surface area contributed by atoms with Gasteiger partial charge in [-0.25, -0.2) is 14.3 Å². The van der Waals surface area contributed by atoms with E-state index in [4.69, 9.17) is 0 Å². The van der Waals surface area contributed by atoms with E-state index in [0.29, 0.717) is 85.6 Å². The van der Waals surface area contributed by atoms with Crippen LogP contribution < -0.4 is 5.56 Å². The van der Waals surface area contributed by atoms with Gasteiger partial charge in [0.25, 0.3) is 11.5 Å². The molecule has 46 heavy (non-hydrogen) atoms. The van der Waals surface area contributed by atoms with Crippen LogP contribution in [0.25, 0.3) is 10.8 Å². The molecule has 242 valence electrons. The minimum Gasteiger partial charge on any atom is -0.465 e. The summed E-state index contributed by atoms with van der Waals surface area (Å²) in [6.45, 7) is 4.57. The summed E-state index contributed by atoms with van der Waals surface area (Å²) >= 11 is 0. The number of hydrogen-bond acceptors (Lipinski definition) is 6. The van der Waals surface area contributed by atoms with E-state index in [0.717, 1.165) is 38.8 Å². The van der Waals surface area contributed by atoms with Gasteiger partial charge < -0.3 is 24.7 Å². The maximum absolute atomic E-state index is 14.9. The number of benzene rings is 2. The lowest BCUT2D eigenvalue weighted by Crippen LogP contribution is -2.53. The Kier molecular flexibility index (Phi) is 8.22. The number of fused-ring (bicyclic) bond motifs is 2. The van der Waals surface area contributed by atoms with Crippen molar-refractivity contribution in [1.29, 1.82) is 0 Å². The van der Waals surface area contributed by atoms with E-state index in [-0.39, 0.29) is 22.9 Å². The molecule has 4 aliphatic rings. The fourth-order valence-corrected chi connectivity index (χ4v) is 8.14. The monoisotopic (exact) mass is 630 g/mol. The van der Waals surface area contributed by atoms with Crippen molar-refractivity contribution in [2.45, 2.75) is 38.1 Å². The molecule has 3 aromatic rings. The van der Waals surface area contributed by atoms with Crippen molar-refractivity contribution >= 4 is 28.7 Å². The smallest absolute Gasteiger partial charge is 0.407 e. The number of carbonyl (C=O) groups excluding carboxylic acids is 2. The standard InChI is InChI=1S/C34H39FN6O5/c35-29-6-5-21(16-30-26-3-1-2-4-27(26)31(42)37-36-30)15-28(29)33(44)40-13-11-39(12-14-40)32(43)22-7-9-38(10-8-22)25-17-23-19-41(34(45)46)20-24(23)18-25/h1-6,15,22-25H,7-14,16-20H2,(H,37,42)(H,45,46)/t23-,24-/m1/s1. The predicted molar refractivity (Wildman–Crippen MR) is 168 cm³/mol. The van der Waals surface area contributed by atoms with Gasteiger partial charge in [-0.05, 0) is 74.4 Å². The molecule has 0 bridgehead atoms. The summed E-state index contributed by atoms with van der Waals surface area (Å²) in [5.41, 5.74) is 1.06. The molecular weight excluding hydrogens is 591 g/mol. The fraction of sp³-hybridized carbons (Fsp3) is 0.500. The number of H-pyrrole nitrogens is 1. The number of likely N-dealkylation sites (tertiary alicyclic amines) is 2. The van der Waals surface area contributed by atoms with Crippen molar-refractivity contribution in [1.82, 2.24) is 29.8 Å². The Morgan fingerprint density at radius 3 is 2.20 bits per heavy atom. The number of carbonyl (C=O) groups is 3. The molecule has 2 aromatic carbocycles. The van der Waals surface area contributed by atoms with Gasteiger partial charge in [0.05, 0.1) is 16.6 Å². The van der Waals surface area contributed by atoms with Gasteiger partial charge in [0.1, 0.15) is 5.82 Å². The van der Waals surface area contributed by atoms with Gasteiger partial charge in [0, 0.05) is 63.0 Å². The lowest BCUT2D eigenvalue weighted by molar-refractivity contribution is -0.138. The summed E-state index contributed by atoms with van der Waals surface area (Å²) in [7, 11) is 0. The maximum Gasteiger partial charge on any atom is 0.407 e. The van der Waals surface area contributed by atoms with Crippen molar-refractivity contribution in [3.63, 3.8) is 0 Å². The van der Waals surface area contributed by atoms with Gasteiger partial charge in [0.2, 0.25) is 5.91 Å². The first-order chi connectivity index (χ1) is 22.2. The summed E-state index contributed by atoms with van der Waals surface area (Å²) in [5, 5.41) is 17.3. The van der Waals surface area contributed by atoms with E-state index in [9.17, 15) is 28.7 Å². The second-order valence-corrected chi connectivity index (χ2v) is 13.3. The Morgan fingerprint density at radius 2 is 1.52 bits per heavy atom. The summed E-state index contributed by atoms with van der Waals surface area (Å²) in [6.07, 6.45) is 3.19. The van der Waals surface area contributed by atoms with Crippen LogP contribution in [-0.2, 0) is 11.2 Å². The highest BCUT2D eigenvalue weighted by Crippen LogP contribution is 2.41. The Balaban J connectivity index is 0.915. The topological polar surface area (TPSA) is 130 Å². The first-order valence-corrected chi connectivity index (χ1v) is 16.3. The third-order valence-corrected chi connectivity index (χ3v) is 10.7. The number of piperazine rings is 1. The second kappa shape index (κ2) is 12.5. The van der Waals surface area contributed by atoms with Gasteiger partial charge in [0.15, 0.2) is 0 Å².